The molecule has 0 aliphatic carbocycles. The van der Waals surface area contributed by atoms with Crippen LogP contribution < -0.4 is 10.2 Å². The van der Waals surface area contributed by atoms with Crippen LogP contribution >= 0.6 is 0 Å². The van der Waals surface area contributed by atoms with E-state index in [9.17, 15) is 0 Å². The van der Waals surface area contributed by atoms with Gasteiger partial charge in [-0.2, -0.15) is 0 Å². The lowest BCUT2D eigenvalue weighted by atomic mass is 10.2. The maximum Gasteiger partial charge on any atom is 0.290 e. The summed E-state index contributed by atoms with van der Waals surface area (Å²) in [5.41, 5.74) is 1.34. The minimum Gasteiger partial charge on any atom is -0.483 e. The molecule has 1 aliphatic rings. The topological polar surface area (TPSA) is 108 Å². The molecule has 1 atom stereocenters. The number of para-hydroxylation sites is 1. The summed E-state index contributed by atoms with van der Waals surface area (Å²) in [7, 11) is 0. The fraction of sp³-hybridized carbons (Fsp3) is 0.389. The van der Waals surface area contributed by atoms with Crippen LogP contribution in [-0.2, 0) is 16.1 Å². The lowest BCUT2D eigenvalue weighted by Gasteiger charge is -2.19. The van der Waals surface area contributed by atoms with Gasteiger partial charge in [0.05, 0.1) is 6.33 Å². The third-order valence-electron chi connectivity index (χ3n) is 3.89. The number of rotatable bonds is 6. The zero-order valence-corrected chi connectivity index (χ0v) is 14.6. The van der Waals surface area contributed by atoms with Gasteiger partial charge in [0.25, 0.3) is 12.9 Å². The number of nitrogens with one attached hydrogen (secondary N) is 1. The van der Waals surface area contributed by atoms with E-state index in [0.717, 1.165) is 32.6 Å². The molecular formula is C18H26N4O4. The first-order chi connectivity index (χ1) is 12.7. The van der Waals surface area contributed by atoms with Crippen molar-refractivity contribution in [3.8, 4) is 0 Å². The summed E-state index contributed by atoms with van der Waals surface area (Å²) in [4.78, 5) is 23.2. The predicted octanol–water partition coefficient (Wildman–Crippen LogP) is 1.54. The van der Waals surface area contributed by atoms with Gasteiger partial charge in [0.15, 0.2) is 0 Å². The average molecular weight is 362 g/mol. The number of carbonyl (C=O) groups is 2. The molecule has 3 N–H and O–H groups in total. The zero-order chi connectivity index (χ0) is 19.0. The van der Waals surface area contributed by atoms with Crippen molar-refractivity contribution in [2.75, 3.05) is 24.5 Å². The number of hydrogen-bond donors (Lipinski definition) is 3. The van der Waals surface area contributed by atoms with Crippen LogP contribution in [0.25, 0.3) is 0 Å². The fourth-order valence-electron chi connectivity index (χ4n) is 2.79. The van der Waals surface area contributed by atoms with Gasteiger partial charge in [0, 0.05) is 43.8 Å². The summed E-state index contributed by atoms with van der Waals surface area (Å²) in [5, 5.41) is 17.4. The van der Waals surface area contributed by atoms with Crippen LogP contribution in [0.3, 0.4) is 0 Å². The van der Waals surface area contributed by atoms with Crippen molar-refractivity contribution in [1.29, 1.82) is 0 Å². The summed E-state index contributed by atoms with van der Waals surface area (Å²) in [5.74, 6) is 0. The standard InChI is InChI=1S/C16H22N4.2CH2O2/c1-2-5-16(6-3-1)20-11-7-15(13-20)18-8-4-10-19-12-9-17-14-19;2*2-1-3/h1-3,5-6,9,12,14-15,18H,4,7-8,10-11,13H2;2*1H,(H,2,3). The summed E-state index contributed by atoms with van der Waals surface area (Å²) in [6.45, 7) is 3.89. The third-order valence-corrected chi connectivity index (χ3v) is 3.89. The fourth-order valence-corrected chi connectivity index (χ4v) is 2.79. The Kier molecular flexibility index (Phi) is 10.9. The summed E-state index contributed by atoms with van der Waals surface area (Å²) in [6, 6.07) is 11.3. The van der Waals surface area contributed by atoms with Crippen molar-refractivity contribution in [3.05, 3.63) is 49.1 Å². The third kappa shape index (κ3) is 8.29. The largest absolute Gasteiger partial charge is 0.483 e. The SMILES string of the molecule is O=CO.O=CO.c1ccc(N2CCC(NCCCn3ccnc3)C2)cc1. The van der Waals surface area contributed by atoms with E-state index in [0.29, 0.717) is 6.04 Å². The van der Waals surface area contributed by atoms with Crippen LogP contribution in [0.2, 0.25) is 0 Å². The van der Waals surface area contributed by atoms with Crippen molar-refractivity contribution < 1.29 is 19.8 Å². The van der Waals surface area contributed by atoms with Gasteiger partial charge in [-0.15, -0.1) is 0 Å². The first kappa shape index (κ1) is 21.2. The highest BCUT2D eigenvalue weighted by Crippen LogP contribution is 2.19. The van der Waals surface area contributed by atoms with Crippen molar-refractivity contribution in [1.82, 2.24) is 14.9 Å². The highest BCUT2D eigenvalue weighted by molar-refractivity contribution is 5.47. The molecule has 0 radical (unpaired) electrons. The van der Waals surface area contributed by atoms with Gasteiger partial charge in [-0.1, -0.05) is 18.2 Å². The first-order valence-electron chi connectivity index (χ1n) is 8.40. The van der Waals surface area contributed by atoms with E-state index in [1.54, 1.807) is 0 Å². The molecule has 1 fully saturated rings. The molecule has 0 saturated carbocycles. The summed E-state index contributed by atoms with van der Waals surface area (Å²) >= 11 is 0. The second kappa shape index (κ2) is 13.4. The molecule has 2 heterocycles. The minimum absolute atomic E-state index is 0.250. The zero-order valence-electron chi connectivity index (χ0n) is 14.6. The molecule has 0 amide bonds. The highest BCUT2D eigenvalue weighted by Gasteiger charge is 2.21. The molecule has 26 heavy (non-hydrogen) atoms. The second-order valence-corrected chi connectivity index (χ2v) is 5.59. The molecule has 1 aromatic carbocycles. The number of aromatic nitrogens is 2. The van der Waals surface area contributed by atoms with E-state index >= 15 is 0 Å². The van der Waals surface area contributed by atoms with Crippen LogP contribution in [0.4, 0.5) is 5.69 Å². The Morgan fingerprint density at radius 2 is 1.88 bits per heavy atom. The molecule has 1 saturated heterocycles. The van der Waals surface area contributed by atoms with Gasteiger partial charge < -0.3 is 25.0 Å². The average Bonchev–Trinajstić information content (AvgIpc) is 3.33. The predicted molar refractivity (Wildman–Crippen MR) is 99.3 cm³/mol. The molecule has 0 bridgehead atoms. The number of carboxylic acid groups (broad SMARTS) is 2. The van der Waals surface area contributed by atoms with E-state index in [1.165, 1.54) is 12.1 Å². The Labute approximate surface area is 153 Å². The number of benzene rings is 1. The van der Waals surface area contributed by atoms with Crippen LogP contribution in [0.5, 0.6) is 0 Å². The molecule has 8 heteroatoms. The normalized spacial score (nSPS) is 15.2. The van der Waals surface area contributed by atoms with Crippen molar-refractivity contribution in [3.63, 3.8) is 0 Å². The van der Waals surface area contributed by atoms with E-state index in [2.05, 4.69) is 50.1 Å². The van der Waals surface area contributed by atoms with Gasteiger partial charge in [-0.25, -0.2) is 4.98 Å². The Morgan fingerprint density at radius 1 is 1.19 bits per heavy atom. The van der Waals surface area contributed by atoms with Crippen LogP contribution in [0.1, 0.15) is 12.8 Å². The molecule has 1 aliphatic heterocycles. The van der Waals surface area contributed by atoms with E-state index in [-0.39, 0.29) is 12.9 Å². The van der Waals surface area contributed by atoms with Gasteiger partial charge in [-0.05, 0) is 31.5 Å². The number of hydrogen-bond acceptors (Lipinski definition) is 5. The van der Waals surface area contributed by atoms with Gasteiger partial charge in [0.2, 0.25) is 0 Å². The lowest BCUT2D eigenvalue weighted by Crippen LogP contribution is -2.33. The Hall–Kier alpha value is -2.87. The molecule has 3 rings (SSSR count). The monoisotopic (exact) mass is 362 g/mol. The van der Waals surface area contributed by atoms with Gasteiger partial charge in [0.1, 0.15) is 0 Å². The van der Waals surface area contributed by atoms with Crippen molar-refractivity contribution >= 4 is 18.6 Å². The summed E-state index contributed by atoms with van der Waals surface area (Å²) < 4.78 is 2.13. The van der Waals surface area contributed by atoms with Crippen molar-refractivity contribution in [2.45, 2.75) is 25.4 Å². The van der Waals surface area contributed by atoms with Crippen LogP contribution in [-0.4, -0.2) is 58.4 Å². The number of nitrogens with zero attached hydrogens (tertiary/aromatic N) is 3. The van der Waals surface area contributed by atoms with E-state index < -0.39 is 0 Å². The van der Waals surface area contributed by atoms with E-state index in [1.807, 2.05) is 18.7 Å². The molecule has 1 aromatic heterocycles. The minimum atomic E-state index is -0.250. The molecule has 142 valence electrons. The second-order valence-electron chi connectivity index (χ2n) is 5.59. The van der Waals surface area contributed by atoms with Crippen molar-refractivity contribution in [2.24, 2.45) is 0 Å². The smallest absolute Gasteiger partial charge is 0.290 e. The maximum atomic E-state index is 8.36. The Morgan fingerprint density at radius 3 is 2.50 bits per heavy atom. The highest BCUT2D eigenvalue weighted by atomic mass is 16.3. The van der Waals surface area contributed by atoms with Crippen LogP contribution in [0, 0.1) is 0 Å². The van der Waals surface area contributed by atoms with Gasteiger partial charge in [-0.3, -0.25) is 9.59 Å². The maximum absolute atomic E-state index is 8.36. The molecule has 1 unspecified atom stereocenters. The number of aryl methyl sites for hydroxylation is 1. The molecule has 8 nitrogen and oxygen atoms in total. The molecule has 2 aromatic rings. The summed E-state index contributed by atoms with van der Waals surface area (Å²) in [6.07, 6.45) is 8.12. The van der Waals surface area contributed by atoms with E-state index in [4.69, 9.17) is 19.8 Å². The lowest BCUT2D eigenvalue weighted by molar-refractivity contribution is -0.123. The van der Waals surface area contributed by atoms with Crippen LogP contribution in [0.15, 0.2) is 49.1 Å². The van der Waals surface area contributed by atoms with Gasteiger partial charge >= 0.3 is 0 Å². The quantitative estimate of drug-likeness (QED) is 0.528. The first-order valence-corrected chi connectivity index (χ1v) is 8.40. The Bertz CT molecular complexity index is 587. The molecule has 0 spiro atoms. The molecular weight excluding hydrogens is 336 g/mol. The number of imidazole rings is 1. The number of anilines is 1. The Balaban J connectivity index is 0.000000499.